The van der Waals surface area contributed by atoms with Gasteiger partial charge in [-0.1, -0.05) is 0 Å². The summed E-state index contributed by atoms with van der Waals surface area (Å²) >= 11 is 0. The van der Waals surface area contributed by atoms with Gasteiger partial charge in [0.25, 0.3) is 0 Å². The molecule has 0 aliphatic rings. The average Bonchev–Trinajstić information content (AvgIpc) is 2.20. The molecule has 0 saturated carbocycles. The number of nitrogens with one attached hydrogen (secondary N) is 1. The second-order valence-corrected chi connectivity index (χ2v) is 1.99. The molecule has 0 atom stereocenters. The molecule has 0 bridgehead atoms. The van der Waals surface area contributed by atoms with Crippen LogP contribution in [0.2, 0.25) is 0 Å². The molecule has 1 aromatic heterocycles. The van der Waals surface area contributed by atoms with E-state index in [2.05, 4.69) is 15.2 Å². The third-order valence-corrected chi connectivity index (χ3v) is 1.25. The number of isocyanates is 1. The van der Waals surface area contributed by atoms with Crippen LogP contribution in [0.5, 0.6) is 0 Å². The van der Waals surface area contributed by atoms with Crippen molar-refractivity contribution >= 4 is 11.8 Å². The van der Waals surface area contributed by atoms with Gasteiger partial charge < -0.3 is 0 Å². The zero-order valence-electron chi connectivity index (χ0n) is 5.80. The van der Waals surface area contributed by atoms with Crippen molar-refractivity contribution in [2.75, 3.05) is 0 Å². The molecule has 0 aromatic carbocycles. The molecular weight excluding hydrogens is 130 g/mol. The molecule has 1 rings (SSSR count). The van der Waals surface area contributed by atoms with Crippen LogP contribution >= 0.6 is 0 Å². The summed E-state index contributed by atoms with van der Waals surface area (Å²) in [5, 5.41) is 6.54. The predicted molar refractivity (Wildman–Crippen MR) is 35.8 cm³/mol. The van der Waals surface area contributed by atoms with Crippen LogP contribution in [0.1, 0.15) is 11.4 Å². The summed E-state index contributed by atoms with van der Waals surface area (Å²) in [4.78, 5) is 13.3. The summed E-state index contributed by atoms with van der Waals surface area (Å²) in [5.41, 5.74) is 2.11. The molecule has 1 aromatic rings. The van der Waals surface area contributed by atoms with Crippen molar-refractivity contribution in [3.8, 4) is 0 Å². The minimum Gasteiger partial charge on any atom is -0.280 e. The lowest BCUT2D eigenvalue weighted by Gasteiger charge is -1.83. The predicted octanol–water partition coefficient (Wildman–Crippen LogP) is 0.994. The van der Waals surface area contributed by atoms with Crippen molar-refractivity contribution < 1.29 is 4.79 Å². The van der Waals surface area contributed by atoms with E-state index in [9.17, 15) is 4.79 Å². The highest BCUT2D eigenvalue weighted by Gasteiger charge is 2.02. The topological polar surface area (TPSA) is 58.1 Å². The summed E-state index contributed by atoms with van der Waals surface area (Å²) < 4.78 is 0. The summed E-state index contributed by atoms with van der Waals surface area (Å²) in [7, 11) is 0. The molecule has 0 saturated heterocycles. The zero-order valence-corrected chi connectivity index (χ0v) is 5.80. The lowest BCUT2D eigenvalue weighted by atomic mass is 10.3. The maximum atomic E-state index is 9.84. The Morgan fingerprint density at radius 2 is 2.30 bits per heavy atom. The maximum Gasteiger partial charge on any atom is 0.240 e. The van der Waals surface area contributed by atoms with Crippen LogP contribution in [0, 0.1) is 13.8 Å². The van der Waals surface area contributed by atoms with Gasteiger partial charge in [-0.3, -0.25) is 5.10 Å². The Hall–Kier alpha value is -1.41. The number of aromatic amines is 1. The number of aliphatic imine (C=N–C) groups is 1. The Labute approximate surface area is 58.0 Å². The van der Waals surface area contributed by atoms with Gasteiger partial charge in [0.15, 0.2) is 0 Å². The molecular formula is C6H7N3O. The first kappa shape index (κ1) is 6.71. The van der Waals surface area contributed by atoms with Crippen LogP contribution in [-0.2, 0) is 4.79 Å². The van der Waals surface area contributed by atoms with E-state index in [4.69, 9.17) is 0 Å². The number of H-pyrrole nitrogens is 1. The summed E-state index contributed by atoms with van der Waals surface area (Å²) in [5.74, 6) is 0. The molecule has 0 aliphatic carbocycles. The van der Waals surface area contributed by atoms with E-state index in [1.165, 1.54) is 6.08 Å². The van der Waals surface area contributed by atoms with E-state index in [1.54, 1.807) is 13.8 Å². The van der Waals surface area contributed by atoms with Crippen molar-refractivity contribution in [3.63, 3.8) is 0 Å². The molecule has 0 amide bonds. The molecule has 4 heteroatoms. The first-order chi connectivity index (χ1) is 4.75. The van der Waals surface area contributed by atoms with E-state index in [1.807, 2.05) is 0 Å². The molecule has 0 fully saturated rings. The van der Waals surface area contributed by atoms with Crippen LogP contribution < -0.4 is 0 Å². The molecule has 4 nitrogen and oxygen atoms in total. The van der Waals surface area contributed by atoms with Gasteiger partial charge in [-0.15, -0.1) is 0 Å². The molecule has 0 aliphatic heterocycles. The van der Waals surface area contributed by atoms with Crippen molar-refractivity contribution in [2.45, 2.75) is 13.8 Å². The first-order valence-electron chi connectivity index (χ1n) is 2.85. The lowest BCUT2D eigenvalue weighted by molar-refractivity contribution is 0.565. The monoisotopic (exact) mass is 137 g/mol. The van der Waals surface area contributed by atoms with Crippen LogP contribution in [-0.4, -0.2) is 16.3 Å². The Bertz CT molecular complexity index is 264. The number of hydrogen-bond donors (Lipinski definition) is 1. The van der Waals surface area contributed by atoms with E-state index in [0.29, 0.717) is 5.69 Å². The summed E-state index contributed by atoms with van der Waals surface area (Å²) in [6.07, 6.45) is 1.47. The number of rotatable bonds is 1. The third kappa shape index (κ3) is 0.967. The average molecular weight is 137 g/mol. The summed E-state index contributed by atoms with van der Waals surface area (Å²) in [6, 6.07) is 0. The lowest BCUT2D eigenvalue weighted by Crippen LogP contribution is -1.68. The molecule has 0 radical (unpaired) electrons. The number of hydrogen-bond acceptors (Lipinski definition) is 3. The number of nitrogens with zero attached hydrogens (tertiary/aromatic N) is 2. The van der Waals surface area contributed by atoms with E-state index in [0.717, 1.165) is 11.4 Å². The highest BCUT2D eigenvalue weighted by atomic mass is 16.1. The maximum absolute atomic E-state index is 9.84. The largest absolute Gasteiger partial charge is 0.280 e. The van der Waals surface area contributed by atoms with Crippen LogP contribution in [0.15, 0.2) is 4.99 Å². The summed E-state index contributed by atoms with van der Waals surface area (Å²) in [6.45, 7) is 3.58. The molecule has 10 heavy (non-hydrogen) atoms. The Kier molecular flexibility index (Phi) is 1.65. The minimum atomic E-state index is 0.593. The third-order valence-electron chi connectivity index (χ3n) is 1.25. The Morgan fingerprint density at radius 3 is 2.70 bits per heavy atom. The van der Waals surface area contributed by atoms with E-state index < -0.39 is 0 Å². The van der Waals surface area contributed by atoms with Gasteiger partial charge in [0.05, 0.1) is 11.4 Å². The molecule has 1 heterocycles. The first-order valence-corrected chi connectivity index (χ1v) is 2.85. The van der Waals surface area contributed by atoms with Crippen molar-refractivity contribution in [3.05, 3.63) is 11.4 Å². The van der Waals surface area contributed by atoms with Gasteiger partial charge in [-0.05, 0) is 13.8 Å². The Morgan fingerprint density at radius 1 is 1.60 bits per heavy atom. The normalized spacial score (nSPS) is 9.00. The fourth-order valence-corrected chi connectivity index (χ4v) is 0.755. The van der Waals surface area contributed by atoms with Gasteiger partial charge in [0.1, 0.15) is 5.69 Å². The second kappa shape index (κ2) is 2.45. The van der Waals surface area contributed by atoms with Crippen LogP contribution in [0.3, 0.4) is 0 Å². The number of aromatic nitrogens is 2. The SMILES string of the molecule is Cc1n[nH]c(C)c1N=C=O. The van der Waals surface area contributed by atoms with Gasteiger partial charge in [-0.25, -0.2) is 4.79 Å². The van der Waals surface area contributed by atoms with Crippen molar-refractivity contribution in [2.24, 2.45) is 4.99 Å². The zero-order chi connectivity index (χ0) is 7.56. The minimum absolute atomic E-state index is 0.593. The molecule has 0 unspecified atom stereocenters. The van der Waals surface area contributed by atoms with Gasteiger partial charge >= 0.3 is 0 Å². The van der Waals surface area contributed by atoms with Gasteiger partial charge in [0.2, 0.25) is 6.08 Å². The standard InChI is InChI=1S/C6H7N3O/c1-4-6(7-3-10)5(2)9-8-4/h1-2H3,(H,8,9). The van der Waals surface area contributed by atoms with Crippen LogP contribution in [0.4, 0.5) is 5.69 Å². The number of carbonyl (C=O) groups excluding carboxylic acids is 1. The fraction of sp³-hybridized carbons (Fsp3) is 0.333. The van der Waals surface area contributed by atoms with Crippen LogP contribution in [0.25, 0.3) is 0 Å². The van der Waals surface area contributed by atoms with E-state index in [-0.39, 0.29) is 0 Å². The van der Waals surface area contributed by atoms with Gasteiger partial charge in [-0.2, -0.15) is 10.1 Å². The number of aryl methyl sites for hydroxylation is 2. The van der Waals surface area contributed by atoms with Crippen molar-refractivity contribution in [1.29, 1.82) is 0 Å². The Balaban J connectivity index is 3.22. The quantitative estimate of drug-likeness (QED) is 0.463. The highest BCUT2D eigenvalue weighted by Crippen LogP contribution is 2.18. The van der Waals surface area contributed by atoms with Gasteiger partial charge in [0, 0.05) is 0 Å². The van der Waals surface area contributed by atoms with Crippen molar-refractivity contribution in [1.82, 2.24) is 10.2 Å². The highest BCUT2D eigenvalue weighted by molar-refractivity contribution is 5.53. The molecule has 52 valence electrons. The second-order valence-electron chi connectivity index (χ2n) is 1.99. The van der Waals surface area contributed by atoms with E-state index >= 15 is 0 Å². The molecule has 1 N–H and O–H groups in total. The molecule has 0 spiro atoms. The fourth-order valence-electron chi connectivity index (χ4n) is 0.755. The smallest absolute Gasteiger partial charge is 0.240 e.